The number of sulfonamides is 1. The van der Waals surface area contributed by atoms with Crippen LogP contribution in [0.4, 0.5) is 15.8 Å². The molecule has 0 aromatic heterocycles. The Balaban J connectivity index is 1.84. The van der Waals surface area contributed by atoms with E-state index in [0.29, 0.717) is 18.8 Å². The number of benzene rings is 2. The van der Waals surface area contributed by atoms with Crippen LogP contribution >= 0.6 is 11.6 Å². The molecule has 0 bridgehead atoms. The van der Waals surface area contributed by atoms with E-state index in [1.807, 2.05) is 0 Å². The van der Waals surface area contributed by atoms with Crippen molar-refractivity contribution >= 4 is 33.0 Å². The lowest BCUT2D eigenvalue weighted by Crippen LogP contribution is -2.48. The lowest BCUT2D eigenvalue weighted by molar-refractivity contribution is -0.385. The molecule has 2 aromatic rings. The first-order valence-corrected chi connectivity index (χ1v) is 9.98. The summed E-state index contributed by atoms with van der Waals surface area (Å²) in [7, 11) is -3.95. The van der Waals surface area contributed by atoms with Crippen LogP contribution in [0.3, 0.4) is 0 Å². The third-order valence-corrected chi connectivity index (χ3v) is 6.83. The van der Waals surface area contributed by atoms with Crippen molar-refractivity contribution in [3.8, 4) is 0 Å². The predicted octanol–water partition coefficient (Wildman–Crippen LogP) is 3.21. The maximum absolute atomic E-state index is 13.9. The number of halogens is 2. The molecule has 0 amide bonds. The summed E-state index contributed by atoms with van der Waals surface area (Å²) in [6.07, 6.45) is 0. The Bertz CT molecular complexity index is 992. The number of para-hydroxylation sites is 1. The molecule has 0 unspecified atom stereocenters. The number of nitro groups is 1. The van der Waals surface area contributed by atoms with Gasteiger partial charge >= 0.3 is 0 Å². The second-order valence-electron chi connectivity index (χ2n) is 6.15. The predicted molar refractivity (Wildman–Crippen MR) is 100 cm³/mol. The highest BCUT2D eigenvalue weighted by Gasteiger charge is 2.31. The number of nitro benzene ring substituents is 1. The molecule has 1 heterocycles. The molecule has 10 heteroatoms. The molecule has 1 aliphatic heterocycles. The van der Waals surface area contributed by atoms with Crippen LogP contribution in [-0.2, 0) is 10.0 Å². The lowest BCUT2D eigenvalue weighted by Gasteiger charge is -2.35. The van der Waals surface area contributed by atoms with Gasteiger partial charge in [0.15, 0.2) is 0 Å². The molecule has 144 valence electrons. The van der Waals surface area contributed by atoms with Gasteiger partial charge in [-0.1, -0.05) is 23.7 Å². The smallest absolute Gasteiger partial charge is 0.275 e. The summed E-state index contributed by atoms with van der Waals surface area (Å²) in [5, 5.41) is 11.2. The summed E-state index contributed by atoms with van der Waals surface area (Å²) in [5.41, 5.74) is 0.291. The van der Waals surface area contributed by atoms with Gasteiger partial charge < -0.3 is 4.90 Å². The fourth-order valence-corrected chi connectivity index (χ4v) is 4.75. The number of hydrogen-bond donors (Lipinski definition) is 0. The van der Waals surface area contributed by atoms with Crippen molar-refractivity contribution < 1.29 is 17.7 Å². The largest absolute Gasteiger partial charge is 0.367 e. The standard InChI is InChI=1S/C17H17ClFN3O4S/c1-12-14(18)10-13(11-17(12)22(23)24)27(25,26)21-8-6-20(7-9-21)16-5-3-2-4-15(16)19/h2-5,10-11H,6-9H2,1H3. The van der Waals surface area contributed by atoms with Crippen molar-refractivity contribution in [2.24, 2.45) is 0 Å². The van der Waals surface area contributed by atoms with Gasteiger partial charge in [0.25, 0.3) is 5.69 Å². The van der Waals surface area contributed by atoms with Gasteiger partial charge in [-0.2, -0.15) is 4.31 Å². The Morgan fingerprint density at radius 1 is 1.15 bits per heavy atom. The van der Waals surface area contributed by atoms with Crippen molar-refractivity contribution in [3.63, 3.8) is 0 Å². The van der Waals surface area contributed by atoms with E-state index in [1.54, 1.807) is 23.1 Å². The number of rotatable bonds is 4. The van der Waals surface area contributed by atoms with Crippen LogP contribution in [0.25, 0.3) is 0 Å². The van der Waals surface area contributed by atoms with Crippen LogP contribution in [0.1, 0.15) is 5.56 Å². The molecule has 1 saturated heterocycles. The molecule has 0 spiro atoms. The fourth-order valence-electron chi connectivity index (χ4n) is 3.01. The van der Waals surface area contributed by atoms with E-state index in [-0.39, 0.29) is 40.1 Å². The highest BCUT2D eigenvalue weighted by molar-refractivity contribution is 7.89. The first-order chi connectivity index (χ1) is 12.7. The summed E-state index contributed by atoms with van der Waals surface area (Å²) >= 11 is 5.99. The second-order valence-corrected chi connectivity index (χ2v) is 8.49. The molecule has 27 heavy (non-hydrogen) atoms. The highest BCUT2D eigenvalue weighted by Crippen LogP contribution is 2.31. The number of piperazine rings is 1. The van der Waals surface area contributed by atoms with Gasteiger partial charge in [-0.15, -0.1) is 0 Å². The minimum Gasteiger partial charge on any atom is -0.367 e. The van der Waals surface area contributed by atoms with Crippen LogP contribution in [0.5, 0.6) is 0 Å². The quantitative estimate of drug-likeness (QED) is 0.567. The van der Waals surface area contributed by atoms with Crippen LogP contribution in [0.2, 0.25) is 5.02 Å². The van der Waals surface area contributed by atoms with Gasteiger partial charge in [0, 0.05) is 37.8 Å². The van der Waals surface area contributed by atoms with E-state index in [1.165, 1.54) is 23.4 Å². The van der Waals surface area contributed by atoms with Crippen LogP contribution in [0, 0.1) is 22.9 Å². The van der Waals surface area contributed by atoms with Crippen molar-refractivity contribution in [2.75, 3.05) is 31.1 Å². The number of hydrogen-bond acceptors (Lipinski definition) is 5. The average Bonchev–Trinajstić information content (AvgIpc) is 2.64. The van der Waals surface area contributed by atoms with Crippen molar-refractivity contribution in [1.82, 2.24) is 4.31 Å². The van der Waals surface area contributed by atoms with Gasteiger partial charge in [0.2, 0.25) is 10.0 Å². The average molecular weight is 414 g/mol. The van der Waals surface area contributed by atoms with E-state index in [2.05, 4.69) is 0 Å². The summed E-state index contributed by atoms with van der Waals surface area (Å²) in [6.45, 7) is 2.35. The van der Waals surface area contributed by atoms with Gasteiger partial charge in [-0.25, -0.2) is 12.8 Å². The molecular weight excluding hydrogens is 397 g/mol. The molecule has 1 fully saturated rings. The van der Waals surface area contributed by atoms with E-state index >= 15 is 0 Å². The maximum Gasteiger partial charge on any atom is 0.275 e. The van der Waals surface area contributed by atoms with Gasteiger partial charge in [-0.3, -0.25) is 10.1 Å². The van der Waals surface area contributed by atoms with Crippen LogP contribution < -0.4 is 4.90 Å². The third kappa shape index (κ3) is 3.76. The molecule has 0 atom stereocenters. The Morgan fingerprint density at radius 3 is 2.37 bits per heavy atom. The summed E-state index contributed by atoms with van der Waals surface area (Å²) in [6, 6.07) is 8.55. The number of anilines is 1. The molecule has 2 aromatic carbocycles. The van der Waals surface area contributed by atoms with E-state index < -0.39 is 14.9 Å². The molecule has 0 radical (unpaired) electrons. The minimum absolute atomic E-state index is 0.0211. The molecular formula is C17H17ClFN3O4S. The topological polar surface area (TPSA) is 83.8 Å². The van der Waals surface area contributed by atoms with Crippen LogP contribution in [-0.4, -0.2) is 43.8 Å². The summed E-state index contributed by atoms with van der Waals surface area (Å²) < 4.78 is 40.9. The normalized spacial score (nSPS) is 15.7. The molecule has 1 aliphatic rings. The van der Waals surface area contributed by atoms with Gasteiger partial charge in [-0.05, 0) is 25.1 Å². The zero-order valence-corrected chi connectivity index (χ0v) is 16.0. The van der Waals surface area contributed by atoms with Gasteiger partial charge in [0.05, 0.1) is 20.5 Å². The molecule has 0 saturated carbocycles. The van der Waals surface area contributed by atoms with Crippen molar-refractivity contribution in [1.29, 1.82) is 0 Å². The Labute approximate surface area is 161 Å². The molecule has 3 rings (SSSR count). The summed E-state index contributed by atoms with van der Waals surface area (Å²) in [5.74, 6) is -0.366. The third-order valence-electron chi connectivity index (χ3n) is 4.56. The minimum atomic E-state index is -3.95. The zero-order chi connectivity index (χ0) is 19.8. The summed E-state index contributed by atoms with van der Waals surface area (Å²) in [4.78, 5) is 12.1. The van der Waals surface area contributed by atoms with Crippen LogP contribution in [0.15, 0.2) is 41.3 Å². The Kier molecular flexibility index (Phi) is 5.36. The monoisotopic (exact) mass is 413 g/mol. The van der Waals surface area contributed by atoms with Crippen molar-refractivity contribution in [3.05, 3.63) is 62.9 Å². The Morgan fingerprint density at radius 2 is 1.78 bits per heavy atom. The Hall–Kier alpha value is -2.23. The lowest BCUT2D eigenvalue weighted by atomic mass is 10.2. The van der Waals surface area contributed by atoms with E-state index in [0.717, 1.165) is 6.07 Å². The van der Waals surface area contributed by atoms with E-state index in [9.17, 15) is 22.9 Å². The SMILES string of the molecule is Cc1c(Cl)cc(S(=O)(=O)N2CCN(c3ccccc3F)CC2)cc1[N+](=O)[O-]. The molecule has 0 aliphatic carbocycles. The van der Waals surface area contributed by atoms with Gasteiger partial charge in [0.1, 0.15) is 5.82 Å². The maximum atomic E-state index is 13.9. The zero-order valence-electron chi connectivity index (χ0n) is 14.4. The number of nitrogens with zero attached hydrogens (tertiary/aromatic N) is 3. The van der Waals surface area contributed by atoms with E-state index in [4.69, 9.17) is 11.6 Å². The van der Waals surface area contributed by atoms with Crippen molar-refractivity contribution in [2.45, 2.75) is 11.8 Å². The molecule has 0 N–H and O–H groups in total. The molecule has 7 nitrogen and oxygen atoms in total. The highest BCUT2D eigenvalue weighted by atomic mass is 35.5. The first kappa shape index (κ1) is 19.5. The fraction of sp³-hybridized carbons (Fsp3) is 0.294. The second kappa shape index (κ2) is 7.41. The first-order valence-electron chi connectivity index (χ1n) is 8.16.